The zero-order chi connectivity index (χ0) is 14.7. The van der Waals surface area contributed by atoms with Gasteiger partial charge in [-0.1, -0.05) is 18.3 Å². The lowest BCUT2D eigenvalue weighted by Crippen LogP contribution is -2.35. The molecule has 2 N–H and O–H groups in total. The lowest BCUT2D eigenvalue weighted by atomic mass is 9.98. The minimum absolute atomic E-state index is 0.685. The number of piperidine rings is 1. The zero-order valence-electron chi connectivity index (χ0n) is 12.5. The van der Waals surface area contributed by atoms with Crippen molar-refractivity contribution in [2.75, 3.05) is 31.1 Å². The maximum Gasteiger partial charge on any atom is 0.186 e. The molecule has 2 heterocycles. The van der Waals surface area contributed by atoms with Gasteiger partial charge in [-0.05, 0) is 49.9 Å². The number of hydrogen-bond acceptors (Lipinski definition) is 5. The molecule has 0 saturated carbocycles. The highest BCUT2D eigenvalue weighted by atomic mass is 32.1. The highest BCUT2D eigenvalue weighted by Gasteiger charge is 2.20. The predicted octanol–water partition coefficient (Wildman–Crippen LogP) is 3.26. The predicted molar refractivity (Wildman–Crippen MR) is 89.4 cm³/mol. The number of hydrogen-bond donors (Lipinski definition) is 1. The van der Waals surface area contributed by atoms with Crippen LogP contribution in [-0.4, -0.2) is 31.2 Å². The molecular weight excluding hydrogens is 282 g/mol. The van der Waals surface area contributed by atoms with Gasteiger partial charge in [-0.2, -0.15) is 0 Å². The molecular formula is C16H23N3OS. The molecule has 1 fully saturated rings. The Balaban J connectivity index is 1.75. The van der Waals surface area contributed by atoms with Crippen LogP contribution in [0.25, 0.3) is 10.2 Å². The number of nitrogens with two attached hydrogens (primary N) is 1. The molecule has 0 amide bonds. The van der Waals surface area contributed by atoms with Crippen molar-refractivity contribution in [3.05, 3.63) is 18.2 Å². The van der Waals surface area contributed by atoms with Gasteiger partial charge >= 0.3 is 0 Å². The van der Waals surface area contributed by atoms with E-state index in [2.05, 4.69) is 24.0 Å². The lowest BCUT2D eigenvalue weighted by molar-refractivity contribution is 0.318. The molecule has 0 bridgehead atoms. The maximum atomic E-state index is 5.76. The fourth-order valence-electron chi connectivity index (χ4n) is 2.70. The fraction of sp³-hybridized carbons (Fsp3) is 0.562. The molecule has 21 heavy (non-hydrogen) atoms. The summed E-state index contributed by atoms with van der Waals surface area (Å²) in [7, 11) is 0. The van der Waals surface area contributed by atoms with E-state index in [0.717, 1.165) is 49.1 Å². The highest BCUT2D eigenvalue weighted by molar-refractivity contribution is 7.22. The minimum Gasteiger partial charge on any atom is -0.494 e. The fourth-order valence-corrected chi connectivity index (χ4v) is 3.74. The quantitative estimate of drug-likeness (QED) is 0.921. The lowest BCUT2D eigenvalue weighted by Gasteiger charge is -2.30. The number of rotatable bonds is 5. The summed E-state index contributed by atoms with van der Waals surface area (Å²) < 4.78 is 6.91. The molecule has 0 unspecified atom stereocenters. The largest absolute Gasteiger partial charge is 0.494 e. The van der Waals surface area contributed by atoms with Gasteiger partial charge in [0.25, 0.3) is 0 Å². The van der Waals surface area contributed by atoms with E-state index >= 15 is 0 Å². The summed E-state index contributed by atoms with van der Waals surface area (Å²) in [5, 5.41) is 1.13. The van der Waals surface area contributed by atoms with E-state index in [1.807, 2.05) is 6.07 Å². The smallest absolute Gasteiger partial charge is 0.186 e. The summed E-state index contributed by atoms with van der Waals surface area (Å²) in [6.07, 6.45) is 3.39. The second-order valence-corrected chi connectivity index (χ2v) is 6.65. The van der Waals surface area contributed by atoms with E-state index in [1.54, 1.807) is 11.3 Å². The second kappa shape index (κ2) is 6.62. The topological polar surface area (TPSA) is 51.4 Å². The van der Waals surface area contributed by atoms with Crippen molar-refractivity contribution in [2.45, 2.75) is 26.2 Å². The first-order valence-corrected chi connectivity index (χ1v) is 8.60. The SMILES string of the molecule is CCCOc1ccc2nc(N3CCC(CN)CC3)sc2c1. The third kappa shape index (κ3) is 3.30. The molecule has 114 valence electrons. The van der Waals surface area contributed by atoms with E-state index in [0.29, 0.717) is 5.92 Å². The molecule has 0 atom stereocenters. The van der Waals surface area contributed by atoms with Crippen molar-refractivity contribution in [1.29, 1.82) is 0 Å². The molecule has 0 aliphatic carbocycles. The number of thiazole rings is 1. The summed E-state index contributed by atoms with van der Waals surface area (Å²) in [4.78, 5) is 7.16. The van der Waals surface area contributed by atoms with Crippen molar-refractivity contribution in [3.8, 4) is 5.75 Å². The number of benzene rings is 1. The Bertz CT molecular complexity index is 590. The molecule has 1 aromatic carbocycles. The van der Waals surface area contributed by atoms with E-state index in [1.165, 1.54) is 17.5 Å². The molecule has 5 heteroatoms. The number of anilines is 1. The van der Waals surface area contributed by atoms with Gasteiger partial charge in [0, 0.05) is 13.1 Å². The molecule has 2 aromatic rings. The molecule has 1 aliphatic heterocycles. The first-order valence-electron chi connectivity index (χ1n) is 7.78. The van der Waals surface area contributed by atoms with Gasteiger partial charge in [0.05, 0.1) is 16.8 Å². The van der Waals surface area contributed by atoms with Crippen LogP contribution < -0.4 is 15.4 Å². The summed E-state index contributed by atoms with van der Waals surface area (Å²) in [6, 6.07) is 6.19. The average molecular weight is 305 g/mol. The van der Waals surface area contributed by atoms with Crippen LogP contribution >= 0.6 is 11.3 Å². The van der Waals surface area contributed by atoms with E-state index in [4.69, 9.17) is 15.5 Å². The molecule has 1 aromatic heterocycles. The Morgan fingerprint density at radius 1 is 1.38 bits per heavy atom. The minimum atomic E-state index is 0.685. The van der Waals surface area contributed by atoms with Gasteiger partial charge in [-0.25, -0.2) is 4.98 Å². The maximum absolute atomic E-state index is 5.76. The Kier molecular flexibility index (Phi) is 4.60. The van der Waals surface area contributed by atoms with Crippen LogP contribution in [0, 0.1) is 5.92 Å². The Hall–Kier alpha value is -1.33. The monoisotopic (exact) mass is 305 g/mol. The molecule has 1 aliphatic rings. The first-order chi connectivity index (χ1) is 10.3. The Morgan fingerprint density at radius 3 is 2.90 bits per heavy atom. The Labute approximate surface area is 129 Å². The first kappa shape index (κ1) is 14.6. The normalized spacial score (nSPS) is 16.6. The van der Waals surface area contributed by atoms with Gasteiger partial charge in [-0.15, -0.1) is 0 Å². The van der Waals surface area contributed by atoms with Crippen LogP contribution in [0.1, 0.15) is 26.2 Å². The third-order valence-electron chi connectivity index (χ3n) is 4.04. The van der Waals surface area contributed by atoms with Gasteiger partial charge in [-0.3, -0.25) is 0 Å². The van der Waals surface area contributed by atoms with Gasteiger partial charge < -0.3 is 15.4 Å². The van der Waals surface area contributed by atoms with Crippen LogP contribution in [0.3, 0.4) is 0 Å². The van der Waals surface area contributed by atoms with Crippen molar-refractivity contribution >= 4 is 26.7 Å². The van der Waals surface area contributed by atoms with E-state index < -0.39 is 0 Å². The number of aromatic nitrogens is 1. The molecule has 3 rings (SSSR count). The molecule has 0 radical (unpaired) electrons. The van der Waals surface area contributed by atoms with Crippen molar-refractivity contribution in [3.63, 3.8) is 0 Å². The summed E-state index contributed by atoms with van der Waals surface area (Å²) in [5.74, 6) is 1.63. The van der Waals surface area contributed by atoms with Crippen LogP contribution in [0.5, 0.6) is 5.75 Å². The zero-order valence-corrected chi connectivity index (χ0v) is 13.4. The number of ether oxygens (including phenoxy) is 1. The third-order valence-corrected chi connectivity index (χ3v) is 5.12. The van der Waals surface area contributed by atoms with Crippen LogP contribution in [0.2, 0.25) is 0 Å². The molecule has 4 nitrogen and oxygen atoms in total. The second-order valence-electron chi connectivity index (χ2n) is 5.64. The van der Waals surface area contributed by atoms with Crippen molar-refractivity contribution in [2.24, 2.45) is 11.7 Å². The molecule has 1 saturated heterocycles. The Morgan fingerprint density at radius 2 is 2.19 bits per heavy atom. The van der Waals surface area contributed by atoms with Gasteiger partial charge in [0.1, 0.15) is 5.75 Å². The average Bonchev–Trinajstić information content (AvgIpc) is 2.96. The number of fused-ring (bicyclic) bond motifs is 1. The van der Waals surface area contributed by atoms with Gasteiger partial charge in [0.2, 0.25) is 0 Å². The van der Waals surface area contributed by atoms with Crippen molar-refractivity contribution < 1.29 is 4.74 Å². The summed E-state index contributed by atoms with van der Waals surface area (Å²) in [6.45, 7) is 5.84. The van der Waals surface area contributed by atoms with Crippen LogP contribution in [0.4, 0.5) is 5.13 Å². The van der Waals surface area contributed by atoms with E-state index in [9.17, 15) is 0 Å². The molecule has 0 spiro atoms. The standard InChI is InChI=1S/C16H23N3OS/c1-2-9-20-13-3-4-14-15(10-13)21-16(18-14)19-7-5-12(11-17)6-8-19/h3-4,10,12H,2,5-9,11,17H2,1H3. The van der Waals surface area contributed by atoms with Crippen LogP contribution in [-0.2, 0) is 0 Å². The van der Waals surface area contributed by atoms with Crippen molar-refractivity contribution in [1.82, 2.24) is 4.98 Å². The van der Waals surface area contributed by atoms with Gasteiger partial charge in [0.15, 0.2) is 5.13 Å². The highest BCUT2D eigenvalue weighted by Crippen LogP contribution is 2.33. The van der Waals surface area contributed by atoms with E-state index in [-0.39, 0.29) is 0 Å². The summed E-state index contributed by atoms with van der Waals surface area (Å²) >= 11 is 1.76. The number of nitrogens with zero attached hydrogens (tertiary/aromatic N) is 2. The summed E-state index contributed by atoms with van der Waals surface area (Å²) in [5.41, 5.74) is 6.83. The van der Waals surface area contributed by atoms with Crippen LogP contribution in [0.15, 0.2) is 18.2 Å².